The first kappa shape index (κ1) is 13.5. The Bertz CT molecular complexity index is 480. The van der Waals surface area contributed by atoms with Gasteiger partial charge in [-0.3, -0.25) is 0 Å². The lowest BCUT2D eigenvalue weighted by Crippen LogP contribution is -2.18. The van der Waals surface area contributed by atoms with Crippen molar-refractivity contribution in [1.29, 1.82) is 5.26 Å². The molecule has 0 saturated heterocycles. The van der Waals surface area contributed by atoms with Crippen LogP contribution in [0, 0.1) is 28.5 Å². The third-order valence-electron chi connectivity index (χ3n) is 4.07. The maximum absolute atomic E-state index is 13.1. The van der Waals surface area contributed by atoms with Crippen LogP contribution in [0.1, 0.15) is 38.2 Å². The Morgan fingerprint density at radius 3 is 2.89 bits per heavy atom. The number of nitriles is 1. The van der Waals surface area contributed by atoms with Crippen molar-refractivity contribution < 1.29 is 4.39 Å². The SMILES string of the molecule is CCC1CCC(C#N)(Cc2ccc(F)cc2Br)C1. The van der Waals surface area contributed by atoms with E-state index in [2.05, 4.69) is 28.9 Å². The number of nitrogens with zero attached hydrogens (tertiary/aromatic N) is 1. The maximum atomic E-state index is 13.1. The van der Waals surface area contributed by atoms with Crippen molar-refractivity contribution in [3.05, 3.63) is 34.1 Å². The highest BCUT2D eigenvalue weighted by molar-refractivity contribution is 9.10. The molecule has 0 aliphatic heterocycles. The van der Waals surface area contributed by atoms with Gasteiger partial charge in [0.15, 0.2) is 0 Å². The number of benzene rings is 1. The Balaban J connectivity index is 2.19. The molecule has 18 heavy (non-hydrogen) atoms. The lowest BCUT2D eigenvalue weighted by Gasteiger charge is -2.21. The molecule has 96 valence electrons. The third-order valence-corrected chi connectivity index (χ3v) is 4.81. The van der Waals surface area contributed by atoms with Crippen LogP contribution >= 0.6 is 15.9 Å². The molecule has 1 aromatic rings. The predicted molar refractivity (Wildman–Crippen MR) is 73.5 cm³/mol. The van der Waals surface area contributed by atoms with Crippen LogP contribution in [0.2, 0.25) is 0 Å². The van der Waals surface area contributed by atoms with Crippen molar-refractivity contribution in [2.24, 2.45) is 11.3 Å². The summed E-state index contributed by atoms with van der Waals surface area (Å²) < 4.78 is 13.8. The molecule has 3 heteroatoms. The van der Waals surface area contributed by atoms with Gasteiger partial charge in [-0.25, -0.2) is 4.39 Å². The molecule has 0 N–H and O–H groups in total. The Hall–Kier alpha value is -0.880. The van der Waals surface area contributed by atoms with Gasteiger partial charge in [0.1, 0.15) is 5.82 Å². The van der Waals surface area contributed by atoms with Crippen LogP contribution in [0.5, 0.6) is 0 Å². The molecular formula is C15H17BrFN. The number of halogens is 2. The molecule has 1 saturated carbocycles. The highest BCUT2D eigenvalue weighted by Crippen LogP contribution is 2.45. The fourth-order valence-corrected chi connectivity index (χ4v) is 3.41. The molecule has 1 fully saturated rings. The van der Waals surface area contributed by atoms with Crippen molar-refractivity contribution >= 4 is 15.9 Å². The summed E-state index contributed by atoms with van der Waals surface area (Å²) in [5, 5.41) is 9.50. The quantitative estimate of drug-likeness (QED) is 0.783. The molecule has 1 nitrogen and oxygen atoms in total. The lowest BCUT2D eigenvalue weighted by molar-refractivity contribution is 0.380. The van der Waals surface area contributed by atoms with Crippen molar-refractivity contribution in [2.75, 3.05) is 0 Å². The molecule has 0 heterocycles. The molecule has 1 aromatic carbocycles. The molecule has 2 rings (SSSR count). The summed E-state index contributed by atoms with van der Waals surface area (Å²) in [6.45, 7) is 2.19. The van der Waals surface area contributed by atoms with E-state index in [4.69, 9.17) is 0 Å². The third kappa shape index (κ3) is 2.75. The molecule has 2 unspecified atom stereocenters. The number of hydrogen-bond donors (Lipinski definition) is 0. The van der Waals surface area contributed by atoms with Crippen LogP contribution in [-0.2, 0) is 6.42 Å². The Kier molecular flexibility index (Phi) is 4.07. The van der Waals surface area contributed by atoms with Crippen molar-refractivity contribution in [3.63, 3.8) is 0 Å². The van der Waals surface area contributed by atoms with E-state index in [0.717, 1.165) is 42.1 Å². The van der Waals surface area contributed by atoms with Crippen LogP contribution < -0.4 is 0 Å². The molecule has 1 aliphatic rings. The van der Waals surface area contributed by atoms with Gasteiger partial charge in [-0.15, -0.1) is 0 Å². The normalized spacial score (nSPS) is 27.1. The van der Waals surface area contributed by atoms with Gasteiger partial charge in [-0.2, -0.15) is 5.26 Å². The smallest absolute Gasteiger partial charge is 0.124 e. The van der Waals surface area contributed by atoms with Gasteiger partial charge in [0.25, 0.3) is 0 Å². The topological polar surface area (TPSA) is 23.8 Å². The largest absolute Gasteiger partial charge is 0.207 e. The minimum Gasteiger partial charge on any atom is -0.207 e. The molecule has 2 atom stereocenters. The summed E-state index contributed by atoms with van der Waals surface area (Å²) in [5.41, 5.74) is 0.788. The standard InChI is InChI=1S/C15H17BrFN/c1-2-11-5-6-15(8-11,10-18)9-12-3-4-13(17)7-14(12)16/h3-4,7,11H,2,5-6,8-9H2,1H3. The van der Waals surface area contributed by atoms with E-state index < -0.39 is 0 Å². The van der Waals surface area contributed by atoms with E-state index in [9.17, 15) is 9.65 Å². The molecular weight excluding hydrogens is 293 g/mol. The van der Waals surface area contributed by atoms with Crippen LogP contribution in [0.25, 0.3) is 0 Å². The molecule has 0 amide bonds. The molecule has 0 radical (unpaired) electrons. The van der Waals surface area contributed by atoms with Gasteiger partial charge >= 0.3 is 0 Å². The average Bonchev–Trinajstić information content (AvgIpc) is 2.77. The van der Waals surface area contributed by atoms with E-state index in [1.165, 1.54) is 12.1 Å². The van der Waals surface area contributed by atoms with Gasteiger partial charge in [-0.1, -0.05) is 35.3 Å². The Morgan fingerprint density at radius 1 is 1.56 bits per heavy atom. The summed E-state index contributed by atoms with van der Waals surface area (Å²) in [4.78, 5) is 0. The second kappa shape index (κ2) is 5.40. The van der Waals surface area contributed by atoms with Crippen molar-refractivity contribution in [1.82, 2.24) is 0 Å². The summed E-state index contributed by atoms with van der Waals surface area (Å²) in [6, 6.07) is 7.26. The average molecular weight is 310 g/mol. The lowest BCUT2D eigenvalue weighted by atomic mass is 9.80. The van der Waals surface area contributed by atoms with Crippen LogP contribution in [-0.4, -0.2) is 0 Å². The predicted octanol–water partition coefficient (Wildman–Crippen LogP) is 4.85. The molecule has 0 spiro atoms. The zero-order valence-electron chi connectivity index (χ0n) is 10.5. The Morgan fingerprint density at radius 2 is 2.33 bits per heavy atom. The molecule has 1 aliphatic carbocycles. The van der Waals surface area contributed by atoms with Crippen molar-refractivity contribution in [3.8, 4) is 6.07 Å². The minimum absolute atomic E-state index is 0.241. The van der Waals surface area contributed by atoms with Gasteiger partial charge in [0, 0.05) is 4.47 Å². The molecule has 0 aromatic heterocycles. The fourth-order valence-electron chi connectivity index (χ4n) is 2.92. The minimum atomic E-state index is -0.249. The van der Waals surface area contributed by atoms with E-state index >= 15 is 0 Å². The van der Waals surface area contributed by atoms with E-state index in [1.54, 1.807) is 6.07 Å². The summed E-state index contributed by atoms with van der Waals surface area (Å²) >= 11 is 3.39. The van der Waals surface area contributed by atoms with Gasteiger partial charge < -0.3 is 0 Å². The van der Waals surface area contributed by atoms with E-state index in [-0.39, 0.29) is 11.2 Å². The monoisotopic (exact) mass is 309 g/mol. The van der Waals surface area contributed by atoms with Gasteiger partial charge in [0.05, 0.1) is 11.5 Å². The fraction of sp³-hybridized carbons (Fsp3) is 0.533. The first-order chi connectivity index (χ1) is 8.58. The summed E-state index contributed by atoms with van der Waals surface area (Å²) in [7, 11) is 0. The number of hydrogen-bond acceptors (Lipinski definition) is 1. The van der Waals surface area contributed by atoms with Gasteiger partial charge in [0.2, 0.25) is 0 Å². The highest BCUT2D eigenvalue weighted by Gasteiger charge is 2.39. The molecule has 0 bridgehead atoms. The zero-order valence-corrected chi connectivity index (χ0v) is 12.1. The first-order valence-electron chi connectivity index (χ1n) is 6.44. The van der Waals surface area contributed by atoms with Crippen molar-refractivity contribution in [2.45, 2.75) is 39.0 Å². The second-order valence-corrected chi connectivity index (χ2v) is 6.18. The van der Waals surface area contributed by atoms with Crippen LogP contribution in [0.15, 0.2) is 22.7 Å². The van der Waals surface area contributed by atoms with Gasteiger partial charge in [-0.05, 0) is 49.3 Å². The summed E-state index contributed by atoms with van der Waals surface area (Å²) in [6.07, 6.45) is 4.95. The number of rotatable bonds is 3. The maximum Gasteiger partial charge on any atom is 0.124 e. The zero-order chi connectivity index (χ0) is 13.2. The first-order valence-corrected chi connectivity index (χ1v) is 7.23. The van der Waals surface area contributed by atoms with E-state index in [0.29, 0.717) is 5.92 Å². The van der Waals surface area contributed by atoms with Crippen LogP contribution in [0.4, 0.5) is 4.39 Å². The Labute approximate surface area is 116 Å². The second-order valence-electron chi connectivity index (χ2n) is 5.32. The van der Waals surface area contributed by atoms with Crippen LogP contribution in [0.3, 0.4) is 0 Å². The summed E-state index contributed by atoms with van der Waals surface area (Å²) in [5.74, 6) is 0.429. The van der Waals surface area contributed by atoms with E-state index in [1.807, 2.05) is 0 Å². The highest BCUT2D eigenvalue weighted by atomic mass is 79.9.